The van der Waals surface area contributed by atoms with Crippen molar-refractivity contribution in [3.63, 3.8) is 0 Å². The number of hydrogen-bond acceptors (Lipinski definition) is 3. The lowest BCUT2D eigenvalue weighted by atomic mass is 10.4. The van der Waals surface area contributed by atoms with Crippen LogP contribution in [-0.2, 0) is 4.12 Å². The van der Waals surface area contributed by atoms with Gasteiger partial charge in [0.1, 0.15) is 0 Å². The van der Waals surface area contributed by atoms with Gasteiger partial charge in [0.15, 0.2) is 9.76 Å². The Kier molecular flexibility index (Phi) is 4.50. The monoisotopic (exact) mass is 228 g/mol. The van der Waals surface area contributed by atoms with Gasteiger partial charge in [-0.2, -0.15) is 0 Å². The topological polar surface area (TPSA) is 49.7 Å². The molecular weight excluding hydrogens is 212 g/mol. The van der Waals surface area contributed by atoms with Crippen molar-refractivity contribution in [2.24, 2.45) is 0 Å². The van der Waals surface area contributed by atoms with Gasteiger partial charge in [0.2, 0.25) is 0 Å². The summed E-state index contributed by atoms with van der Waals surface area (Å²) in [4.78, 5) is 19.4. The van der Waals surface area contributed by atoms with Crippen molar-refractivity contribution in [2.45, 2.75) is 19.4 Å². The van der Waals surface area contributed by atoms with Crippen LogP contribution in [0.1, 0.15) is 13.3 Å². The van der Waals surface area contributed by atoms with E-state index in [0.29, 0.717) is 5.19 Å². The van der Waals surface area contributed by atoms with Crippen molar-refractivity contribution >= 4 is 23.8 Å². The van der Waals surface area contributed by atoms with E-state index in [1.807, 2.05) is 6.07 Å². The van der Waals surface area contributed by atoms with Crippen LogP contribution in [0.4, 0.5) is 0 Å². The molecule has 1 aromatic carbocycles. The summed E-state index contributed by atoms with van der Waals surface area (Å²) in [6.45, 7) is 2.07. The van der Waals surface area contributed by atoms with Gasteiger partial charge in [0.05, 0.1) is 0 Å². The highest BCUT2D eigenvalue weighted by Crippen LogP contribution is 1.99. The van der Waals surface area contributed by atoms with E-state index in [1.165, 1.54) is 0 Å². The Morgan fingerprint density at radius 1 is 1.29 bits per heavy atom. The second kappa shape index (κ2) is 5.42. The minimum atomic E-state index is -3.55. The molecule has 78 valence electrons. The van der Waals surface area contributed by atoms with Crippen LogP contribution < -0.4 is 5.19 Å². The van der Waals surface area contributed by atoms with Crippen LogP contribution in [0.15, 0.2) is 30.3 Å². The molecule has 0 aromatic heterocycles. The number of benzene rings is 1. The molecule has 2 N–H and O–H groups in total. The number of rotatable bonds is 5. The Morgan fingerprint density at radius 2 is 1.93 bits per heavy atom. The molecule has 0 fully saturated rings. The van der Waals surface area contributed by atoms with Gasteiger partial charge in [0, 0.05) is 5.19 Å². The molecule has 0 radical (unpaired) electrons. The molecule has 0 amide bonds. The van der Waals surface area contributed by atoms with Crippen molar-refractivity contribution < 1.29 is 13.7 Å². The SMILES string of the molecule is CCC[SiH2]O[Si](O)(O)c1ccccc1. The van der Waals surface area contributed by atoms with Crippen LogP contribution in [0.2, 0.25) is 6.04 Å². The van der Waals surface area contributed by atoms with Crippen molar-refractivity contribution in [2.75, 3.05) is 0 Å². The summed E-state index contributed by atoms with van der Waals surface area (Å²) in [5.74, 6) is 0. The van der Waals surface area contributed by atoms with Crippen LogP contribution >= 0.6 is 0 Å². The fourth-order valence-corrected chi connectivity index (χ4v) is 4.40. The number of hydrogen-bond donors (Lipinski definition) is 2. The summed E-state index contributed by atoms with van der Waals surface area (Å²) in [5, 5.41) is 0.531. The predicted octanol–water partition coefficient (Wildman–Crippen LogP) is -0.254. The maximum absolute atomic E-state index is 9.72. The molecule has 0 aliphatic carbocycles. The Morgan fingerprint density at radius 3 is 2.50 bits per heavy atom. The third kappa shape index (κ3) is 3.35. The third-order valence-corrected chi connectivity index (χ3v) is 6.46. The zero-order valence-electron chi connectivity index (χ0n) is 8.31. The maximum atomic E-state index is 9.72. The zero-order chi connectivity index (χ0) is 10.4. The Hall–Kier alpha value is -0.466. The summed E-state index contributed by atoms with van der Waals surface area (Å²) >= 11 is 0. The summed E-state index contributed by atoms with van der Waals surface area (Å²) in [7, 11) is -4.33. The summed E-state index contributed by atoms with van der Waals surface area (Å²) < 4.78 is 5.24. The zero-order valence-corrected chi connectivity index (χ0v) is 10.7. The standard InChI is InChI=1S/C9H16O3Si2/c1-2-8-13-12-14(10,11)9-6-4-3-5-7-9/h3-7,10-11H,2,8,13H2,1H3. The summed E-state index contributed by atoms with van der Waals surface area (Å²) in [5.41, 5.74) is 0. The smallest absolute Gasteiger partial charge is 0.418 e. The molecule has 1 rings (SSSR count). The molecule has 0 saturated carbocycles. The Bertz CT molecular complexity index is 264. The van der Waals surface area contributed by atoms with Gasteiger partial charge in [-0.05, 0) is 6.04 Å². The lowest BCUT2D eigenvalue weighted by Gasteiger charge is -2.17. The van der Waals surface area contributed by atoms with Gasteiger partial charge in [-0.3, -0.25) is 0 Å². The lowest BCUT2D eigenvalue weighted by molar-refractivity contribution is 0.266. The molecular formula is C9H16O3Si2. The molecule has 14 heavy (non-hydrogen) atoms. The van der Waals surface area contributed by atoms with Gasteiger partial charge in [0.25, 0.3) is 0 Å². The van der Waals surface area contributed by atoms with Crippen LogP contribution in [0, 0.1) is 0 Å². The van der Waals surface area contributed by atoms with Gasteiger partial charge in [-0.25, -0.2) is 0 Å². The highest BCUT2D eigenvalue weighted by Gasteiger charge is 2.34. The van der Waals surface area contributed by atoms with E-state index in [2.05, 4.69) is 6.92 Å². The molecule has 0 atom stereocenters. The first-order valence-corrected chi connectivity index (χ1v) is 8.19. The van der Waals surface area contributed by atoms with E-state index >= 15 is 0 Å². The van der Waals surface area contributed by atoms with Crippen molar-refractivity contribution in [3.8, 4) is 0 Å². The van der Waals surface area contributed by atoms with Gasteiger partial charge < -0.3 is 13.7 Å². The largest absolute Gasteiger partial charge is 0.520 e. The Balaban J connectivity index is 2.56. The van der Waals surface area contributed by atoms with E-state index in [1.54, 1.807) is 24.3 Å². The second-order valence-electron chi connectivity index (χ2n) is 3.18. The molecule has 0 aliphatic heterocycles. The summed E-state index contributed by atoms with van der Waals surface area (Å²) in [6.07, 6.45) is 1.05. The quantitative estimate of drug-likeness (QED) is 0.539. The Labute approximate surface area is 87.7 Å². The molecule has 0 unspecified atom stereocenters. The average Bonchev–Trinajstić information content (AvgIpc) is 2.19. The minimum absolute atomic E-state index is 0.531. The lowest BCUT2D eigenvalue weighted by Crippen LogP contribution is -2.52. The van der Waals surface area contributed by atoms with Gasteiger partial charge in [-0.15, -0.1) is 0 Å². The maximum Gasteiger partial charge on any atom is 0.520 e. The van der Waals surface area contributed by atoms with Gasteiger partial charge in [-0.1, -0.05) is 43.7 Å². The highest BCUT2D eigenvalue weighted by atomic mass is 28.4. The molecule has 0 saturated heterocycles. The molecule has 0 spiro atoms. The van der Waals surface area contributed by atoms with E-state index < -0.39 is 18.6 Å². The molecule has 5 heteroatoms. The van der Waals surface area contributed by atoms with Crippen molar-refractivity contribution in [3.05, 3.63) is 30.3 Å². The fraction of sp³-hybridized carbons (Fsp3) is 0.333. The fourth-order valence-electron chi connectivity index (χ4n) is 1.10. The second-order valence-corrected chi connectivity index (χ2v) is 7.24. The van der Waals surface area contributed by atoms with E-state index in [4.69, 9.17) is 4.12 Å². The highest BCUT2D eigenvalue weighted by molar-refractivity contribution is 6.76. The van der Waals surface area contributed by atoms with E-state index in [9.17, 15) is 9.59 Å². The van der Waals surface area contributed by atoms with Gasteiger partial charge >= 0.3 is 8.80 Å². The molecule has 1 aromatic rings. The van der Waals surface area contributed by atoms with E-state index in [0.717, 1.165) is 12.5 Å². The predicted molar refractivity (Wildman–Crippen MR) is 61.0 cm³/mol. The third-order valence-electron chi connectivity index (χ3n) is 1.95. The summed E-state index contributed by atoms with van der Waals surface area (Å²) in [6, 6.07) is 9.81. The molecule has 0 bridgehead atoms. The van der Waals surface area contributed by atoms with Crippen LogP contribution in [0.25, 0.3) is 0 Å². The van der Waals surface area contributed by atoms with Crippen molar-refractivity contribution in [1.82, 2.24) is 0 Å². The molecule has 0 aliphatic rings. The van der Waals surface area contributed by atoms with Crippen LogP contribution in [0.5, 0.6) is 0 Å². The minimum Gasteiger partial charge on any atom is -0.418 e. The van der Waals surface area contributed by atoms with E-state index in [-0.39, 0.29) is 0 Å². The average molecular weight is 228 g/mol. The van der Waals surface area contributed by atoms with Crippen LogP contribution in [-0.4, -0.2) is 28.2 Å². The normalized spacial score (nSPS) is 12.5. The van der Waals surface area contributed by atoms with Crippen molar-refractivity contribution in [1.29, 1.82) is 0 Å². The molecule has 3 nitrogen and oxygen atoms in total. The first-order valence-electron chi connectivity index (χ1n) is 4.81. The molecule has 0 heterocycles. The first kappa shape index (κ1) is 11.6. The van der Waals surface area contributed by atoms with Crippen LogP contribution in [0.3, 0.4) is 0 Å². The first-order chi connectivity index (χ1) is 6.67.